The van der Waals surface area contributed by atoms with Crippen LogP contribution in [0, 0.1) is 13.8 Å². The fourth-order valence-corrected chi connectivity index (χ4v) is 1.52. The van der Waals surface area contributed by atoms with Crippen LogP contribution in [-0.4, -0.2) is 18.4 Å². The monoisotopic (exact) mass is 234 g/mol. The first-order valence-corrected chi connectivity index (χ1v) is 5.74. The number of esters is 1. The van der Waals surface area contributed by atoms with E-state index in [2.05, 4.69) is 0 Å². The fourth-order valence-electron chi connectivity index (χ4n) is 1.52. The molecule has 3 nitrogen and oxygen atoms in total. The molecular formula is C14H18O3. The van der Waals surface area contributed by atoms with Gasteiger partial charge < -0.3 is 9.53 Å². The van der Waals surface area contributed by atoms with E-state index in [1.807, 2.05) is 32.0 Å². The Balaban J connectivity index is 2.52. The summed E-state index contributed by atoms with van der Waals surface area (Å²) in [4.78, 5) is 22.5. The smallest absolute Gasteiger partial charge is 0.338 e. The molecule has 0 radical (unpaired) electrons. The normalized spacial score (nSPS) is 10.1. The van der Waals surface area contributed by atoms with Crippen LogP contribution in [0.2, 0.25) is 0 Å². The molecule has 0 atom stereocenters. The Bertz CT molecular complexity index is 421. The van der Waals surface area contributed by atoms with E-state index in [-0.39, 0.29) is 11.8 Å². The first-order chi connectivity index (χ1) is 8.00. The van der Waals surface area contributed by atoms with Crippen molar-refractivity contribution in [2.75, 3.05) is 6.61 Å². The highest BCUT2D eigenvalue weighted by molar-refractivity contribution is 5.91. The highest BCUT2D eigenvalue weighted by Crippen LogP contribution is 2.12. The van der Waals surface area contributed by atoms with Crippen LogP contribution < -0.4 is 0 Å². The number of ketones is 1. The van der Waals surface area contributed by atoms with Crippen LogP contribution in [0.1, 0.15) is 41.3 Å². The van der Waals surface area contributed by atoms with Gasteiger partial charge in [-0.1, -0.05) is 17.7 Å². The van der Waals surface area contributed by atoms with Crippen molar-refractivity contribution in [1.82, 2.24) is 0 Å². The molecule has 1 aromatic carbocycles. The quantitative estimate of drug-likeness (QED) is 0.581. The number of hydrogen-bond acceptors (Lipinski definition) is 3. The van der Waals surface area contributed by atoms with E-state index >= 15 is 0 Å². The molecule has 0 aliphatic rings. The Morgan fingerprint density at radius 2 is 1.94 bits per heavy atom. The van der Waals surface area contributed by atoms with Crippen molar-refractivity contribution in [3.05, 3.63) is 34.9 Å². The number of carbonyl (C=O) groups excluding carboxylic acids is 2. The molecule has 1 rings (SSSR count). The van der Waals surface area contributed by atoms with Crippen molar-refractivity contribution in [3.63, 3.8) is 0 Å². The molecule has 0 amide bonds. The third kappa shape index (κ3) is 4.39. The summed E-state index contributed by atoms with van der Waals surface area (Å²) >= 11 is 0. The van der Waals surface area contributed by atoms with E-state index in [9.17, 15) is 9.59 Å². The van der Waals surface area contributed by atoms with E-state index < -0.39 is 0 Å². The first-order valence-electron chi connectivity index (χ1n) is 5.74. The predicted octanol–water partition coefficient (Wildman–Crippen LogP) is 2.83. The van der Waals surface area contributed by atoms with Crippen molar-refractivity contribution in [3.8, 4) is 0 Å². The van der Waals surface area contributed by atoms with Crippen LogP contribution >= 0.6 is 0 Å². The molecule has 0 unspecified atom stereocenters. The molecule has 0 saturated carbocycles. The van der Waals surface area contributed by atoms with Crippen LogP contribution in [0.4, 0.5) is 0 Å². The van der Waals surface area contributed by atoms with Crippen LogP contribution in [0.3, 0.4) is 0 Å². The van der Waals surface area contributed by atoms with Gasteiger partial charge in [0.1, 0.15) is 5.78 Å². The molecule has 3 heteroatoms. The number of carbonyl (C=O) groups is 2. The van der Waals surface area contributed by atoms with Gasteiger partial charge in [-0.25, -0.2) is 4.79 Å². The van der Waals surface area contributed by atoms with Gasteiger partial charge in [-0.05, 0) is 38.8 Å². The lowest BCUT2D eigenvalue weighted by Crippen LogP contribution is -2.09. The zero-order valence-electron chi connectivity index (χ0n) is 10.6. The number of rotatable bonds is 5. The Kier molecular flexibility index (Phi) is 4.88. The topological polar surface area (TPSA) is 43.4 Å². The maximum absolute atomic E-state index is 11.8. The molecule has 0 N–H and O–H groups in total. The molecule has 0 spiro atoms. The van der Waals surface area contributed by atoms with E-state index in [0.29, 0.717) is 25.0 Å². The van der Waals surface area contributed by atoms with Crippen LogP contribution in [0.25, 0.3) is 0 Å². The molecule has 92 valence electrons. The summed E-state index contributed by atoms with van der Waals surface area (Å²) in [5, 5.41) is 0. The number of benzene rings is 1. The Morgan fingerprint density at radius 1 is 1.24 bits per heavy atom. The molecule has 0 aliphatic carbocycles. The maximum Gasteiger partial charge on any atom is 0.338 e. The third-order valence-electron chi connectivity index (χ3n) is 2.52. The second-order valence-electron chi connectivity index (χ2n) is 4.26. The van der Waals surface area contributed by atoms with Crippen LogP contribution in [0.5, 0.6) is 0 Å². The van der Waals surface area contributed by atoms with Crippen molar-refractivity contribution in [1.29, 1.82) is 0 Å². The van der Waals surface area contributed by atoms with Gasteiger partial charge in [0.2, 0.25) is 0 Å². The largest absolute Gasteiger partial charge is 0.462 e. The minimum atomic E-state index is -0.310. The van der Waals surface area contributed by atoms with Gasteiger partial charge in [0.25, 0.3) is 0 Å². The molecular weight excluding hydrogens is 216 g/mol. The van der Waals surface area contributed by atoms with E-state index in [1.54, 1.807) is 0 Å². The highest BCUT2D eigenvalue weighted by Gasteiger charge is 2.10. The van der Waals surface area contributed by atoms with Crippen molar-refractivity contribution < 1.29 is 14.3 Å². The molecule has 0 bridgehead atoms. The van der Waals surface area contributed by atoms with E-state index in [1.165, 1.54) is 6.92 Å². The average Bonchev–Trinajstić information content (AvgIpc) is 2.27. The van der Waals surface area contributed by atoms with Crippen molar-refractivity contribution >= 4 is 11.8 Å². The number of hydrogen-bond donors (Lipinski definition) is 0. The molecule has 0 heterocycles. The predicted molar refractivity (Wildman–Crippen MR) is 66.1 cm³/mol. The van der Waals surface area contributed by atoms with Crippen molar-refractivity contribution in [2.24, 2.45) is 0 Å². The van der Waals surface area contributed by atoms with Crippen LogP contribution in [-0.2, 0) is 9.53 Å². The Morgan fingerprint density at radius 3 is 2.59 bits per heavy atom. The summed E-state index contributed by atoms with van der Waals surface area (Å²) in [6.07, 6.45) is 1.05. The SMILES string of the molecule is CC(=O)CCCOC(=O)c1cc(C)ccc1C. The van der Waals surface area contributed by atoms with Gasteiger partial charge >= 0.3 is 5.97 Å². The lowest BCUT2D eigenvalue weighted by molar-refractivity contribution is -0.117. The second kappa shape index (κ2) is 6.18. The Hall–Kier alpha value is -1.64. The average molecular weight is 234 g/mol. The molecule has 0 aliphatic heterocycles. The summed E-state index contributed by atoms with van der Waals surface area (Å²) in [6, 6.07) is 5.69. The second-order valence-corrected chi connectivity index (χ2v) is 4.26. The summed E-state index contributed by atoms with van der Waals surface area (Å²) < 4.78 is 5.12. The third-order valence-corrected chi connectivity index (χ3v) is 2.52. The summed E-state index contributed by atoms with van der Waals surface area (Å²) in [5.41, 5.74) is 2.55. The molecule has 0 fully saturated rings. The van der Waals surface area contributed by atoms with Gasteiger partial charge in [0.15, 0.2) is 0 Å². The molecule has 0 aromatic heterocycles. The minimum Gasteiger partial charge on any atom is -0.462 e. The van der Waals surface area contributed by atoms with E-state index in [0.717, 1.165) is 11.1 Å². The number of Topliss-reactive ketones (excluding diaryl/α,β-unsaturated/α-hetero) is 1. The maximum atomic E-state index is 11.8. The highest BCUT2D eigenvalue weighted by atomic mass is 16.5. The standard InChI is InChI=1S/C14H18O3/c1-10-6-7-11(2)13(9-10)14(16)17-8-4-5-12(3)15/h6-7,9H,4-5,8H2,1-3H3. The van der Waals surface area contributed by atoms with Gasteiger partial charge in [0, 0.05) is 6.42 Å². The van der Waals surface area contributed by atoms with Crippen molar-refractivity contribution in [2.45, 2.75) is 33.6 Å². The molecule has 17 heavy (non-hydrogen) atoms. The summed E-state index contributed by atoms with van der Waals surface area (Å²) in [7, 11) is 0. The van der Waals surface area contributed by atoms with Crippen LogP contribution in [0.15, 0.2) is 18.2 Å². The summed E-state index contributed by atoms with van der Waals surface area (Å²) in [5.74, 6) is -0.192. The minimum absolute atomic E-state index is 0.118. The lowest BCUT2D eigenvalue weighted by atomic mass is 10.1. The zero-order chi connectivity index (χ0) is 12.8. The first kappa shape index (κ1) is 13.4. The molecule has 0 saturated heterocycles. The number of aryl methyl sites for hydroxylation is 2. The molecule has 1 aromatic rings. The zero-order valence-corrected chi connectivity index (χ0v) is 10.6. The lowest BCUT2D eigenvalue weighted by Gasteiger charge is -2.07. The van der Waals surface area contributed by atoms with E-state index in [4.69, 9.17) is 4.74 Å². The van der Waals surface area contributed by atoms with Gasteiger partial charge in [-0.2, -0.15) is 0 Å². The number of ether oxygens (including phenoxy) is 1. The Labute approximate surface area is 102 Å². The van der Waals surface area contributed by atoms with Gasteiger partial charge in [-0.15, -0.1) is 0 Å². The summed E-state index contributed by atoms with van der Waals surface area (Å²) in [6.45, 7) is 5.65. The van der Waals surface area contributed by atoms with Gasteiger partial charge in [0.05, 0.1) is 12.2 Å². The fraction of sp³-hybridized carbons (Fsp3) is 0.429. The van der Waals surface area contributed by atoms with Gasteiger partial charge in [-0.3, -0.25) is 0 Å².